The van der Waals surface area contributed by atoms with Gasteiger partial charge in [0.05, 0.1) is 12.1 Å². The largest absolute Gasteiger partial charge is 0.340 e. The minimum atomic E-state index is -0.0405. The fourth-order valence-corrected chi connectivity index (χ4v) is 1.78. The molecule has 0 saturated carbocycles. The number of piperazine rings is 1. The molecule has 0 aromatic rings. The highest BCUT2D eigenvalue weighted by molar-refractivity contribution is 5.78. The van der Waals surface area contributed by atoms with Gasteiger partial charge in [-0.3, -0.25) is 9.69 Å². The number of nitrogens with zero attached hydrogens (tertiary/aromatic N) is 3. The van der Waals surface area contributed by atoms with Gasteiger partial charge in [0.1, 0.15) is 0 Å². The van der Waals surface area contributed by atoms with E-state index in [1.165, 1.54) is 0 Å². The summed E-state index contributed by atoms with van der Waals surface area (Å²) in [4.78, 5) is 15.7. The summed E-state index contributed by atoms with van der Waals surface area (Å²) in [6.07, 6.45) is 0. The number of hydrogen-bond donors (Lipinski definition) is 0. The number of hydrogen-bond acceptors (Lipinski definition) is 3. The molecule has 1 heterocycles. The van der Waals surface area contributed by atoms with Gasteiger partial charge in [0.2, 0.25) is 5.91 Å². The van der Waals surface area contributed by atoms with E-state index >= 15 is 0 Å². The van der Waals surface area contributed by atoms with E-state index in [-0.39, 0.29) is 17.9 Å². The van der Waals surface area contributed by atoms with Crippen molar-refractivity contribution in [3.63, 3.8) is 0 Å². The Kier molecular flexibility index (Phi) is 4.10. The Hall–Kier alpha value is -1.08. The quantitative estimate of drug-likeness (QED) is 0.672. The first-order valence-corrected chi connectivity index (χ1v) is 5.48. The molecule has 1 aliphatic heterocycles. The predicted octanol–water partition coefficient (Wildman–Crippen LogP) is 0.699. The molecule has 1 amide bonds. The van der Waals surface area contributed by atoms with Crippen LogP contribution in [0.25, 0.3) is 0 Å². The van der Waals surface area contributed by atoms with E-state index in [2.05, 4.69) is 11.0 Å². The summed E-state index contributed by atoms with van der Waals surface area (Å²) in [5, 5.41) is 8.78. The third-order valence-corrected chi connectivity index (χ3v) is 2.85. The van der Waals surface area contributed by atoms with Crippen LogP contribution in [-0.4, -0.2) is 47.9 Å². The number of rotatable bonds is 2. The smallest absolute Gasteiger partial charge is 0.225 e. The molecule has 4 heteroatoms. The monoisotopic (exact) mass is 209 g/mol. The second kappa shape index (κ2) is 5.13. The molecule has 0 spiro atoms. The molecule has 1 atom stereocenters. The van der Waals surface area contributed by atoms with Crippen molar-refractivity contribution in [3.8, 4) is 6.07 Å². The second-order valence-electron chi connectivity index (χ2n) is 4.32. The summed E-state index contributed by atoms with van der Waals surface area (Å²) in [6.45, 7) is 8.88. The van der Waals surface area contributed by atoms with Crippen molar-refractivity contribution in [3.05, 3.63) is 0 Å². The number of carbonyl (C=O) groups is 1. The molecule has 0 bridgehead atoms. The second-order valence-corrected chi connectivity index (χ2v) is 4.32. The average molecular weight is 209 g/mol. The fourth-order valence-electron chi connectivity index (χ4n) is 1.78. The van der Waals surface area contributed by atoms with Crippen molar-refractivity contribution in [2.75, 3.05) is 26.2 Å². The first-order valence-electron chi connectivity index (χ1n) is 5.48. The standard InChI is InChI=1S/C11H19N3O/c1-9(2)11(15)14-6-4-13(5-7-14)10(3)8-12/h9-10H,4-7H2,1-3H3/t10-/m0/s1. The van der Waals surface area contributed by atoms with Crippen LogP contribution < -0.4 is 0 Å². The zero-order chi connectivity index (χ0) is 11.4. The van der Waals surface area contributed by atoms with Crippen LogP contribution in [0.5, 0.6) is 0 Å². The lowest BCUT2D eigenvalue weighted by atomic mass is 10.1. The van der Waals surface area contributed by atoms with Crippen LogP contribution in [0.1, 0.15) is 20.8 Å². The summed E-state index contributed by atoms with van der Waals surface area (Å²) in [5.74, 6) is 0.296. The van der Waals surface area contributed by atoms with Crippen LogP contribution in [0, 0.1) is 17.2 Å². The van der Waals surface area contributed by atoms with E-state index in [4.69, 9.17) is 5.26 Å². The number of carbonyl (C=O) groups excluding carboxylic acids is 1. The highest BCUT2D eigenvalue weighted by Gasteiger charge is 2.24. The summed E-state index contributed by atoms with van der Waals surface area (Å²) in [5.41, 5.74) is 0. The van der Waals surface area contributed by atoms with Gasteiger partial charge in [0.25, 0.3) is 0 Å². The zero-order valence-electron chi connectivity index (χ0n) is 9.73. The Morgan fingerprint density at radius 1 is 1.20 bits per heavy atom. The molecular formula is C11H19N3O. The first-order chi connectivity index (χ1) is 7.06. The molecule has 1 rings (SSSR count). The van der Waals surface area contributed by atoms with Crippen molar-refractivity contribution < 1.29 is 4.79 Å². The summed E-state index contributed by atoms with van der Waals surface area (Å²) >= 11 is 0. The van der Waals surface area contributed by atoms with Crippen molar-refractivity contribution in [1.29, 1.82) is 5.26 Å². The molecule has 1 fully saturated rings. The van der Waals surface area contributed by atoms with Gasteiger partial charge in [-0.15, -0.1) is 0 Å². The fraction of sp³-hybridized carbons (Fsp3) is 0.818. The predicted molar refractivity (Wildman–Crippen MR) is 58.1 cm³/mol. The molecule has 0 radical (unpaired) electrons. The molecule has 15 heavy (non-hydrogen) atoms. The molecule has 0 N–H and O–H groups in total. The molecule has 84 valence electrons. The van der Waals surface area contributed by atoms with Crippen molar-refractivity contribution in [1.82, 2.24) is 9.80 Å². The van der Waals surface area contributed by atoms with E-state index in [9.17, 15) is 4.79 Å². The van der Waals surface area contributed by atoms with Gasteiger partial charge in [-0.2, -0.15) is 5.26 Å². The topological polar surface area (TPSA) is 47.3 Å². The molecule has 0 aromatic carbocycles. The Morgan fingerprint density at radius 3 is 2.13 bits per heavy atom. The normalized spacial score (nSPS) is 20.1. The minimum absolute atomic E-state index is 0.0405. The van der Waals surface area contributed by atoms with Gasteiger partial charge < -0.3 is 4.90 Å². The molecule has 0 aliphatic carbocycles. The third-order valence-electron chi connectivity index (χ3n) is 2.85. The SMILES string of the molecule is CC(C)C(=O)N1CCN([C@@H](C)C#N)CC1. The molecule has 0 aromatic heterocycles. The van der Waals surface area contributed by atoms with Crippen molar-refractivity contribution in [2.45, 2.75) is 26.8 Å². The molecule has 1 saturated heterocycles. The Labute approximate surface area is 91.5 Å². The van der Waals surface area contributed by atoms with Gasteiger partial charge in [0, 0.05) is 32.1 Å². The maximum absolute atomic E-state index is 11.7. The van der Waals surface area contributed by atoms with Gasteiger partial charge in [-0.25, -0.2) is 0 Å². The molecule has 4 nitrogen and oxygen atoms in total. The maximum Gasteiger partial charge on any atom is 0.225 e. The van der Waals surface area contributed by atoms with E-state index < -0.39 is 0 Å². The van der Waals surface area contributed by atoms with Crippen LogP contribution in [0.4, 0.5) is 0 Å². The molecule has 1 aliphatic rings. The van der Waals surface area contributed by atoms with Gasteiger partial charge in [0.15, 0.2) is 0 Å². The Balaban J connectivity index is 2.43. The lowest BCUT2D eigenvalue weighted by Gasteiger charge is -2.36. The van der Waals surface area contributed by atoms with E-state index in [0.29, 0.717) is 0 Å². The average Bonchev–Trinajstić information content (AvgIpc) is 2.27. The summed E-state index contributed by atoms with van der Waals surface area (Å²) < 4.78 is 0. The van der Waals surface area contributed by atoms with Crippen LogP contribution in [0.15, 0.2) is 0 Å². The van der Waals surface area contributed by atoms with E-state index in [1.807, 2.05) is 25.7 Å². The van der Waals surface area contributed by atoms with Gasteiger partial charge in [-0.1, -0.05) is 13.8 Å². The van der Waals surface area contributed by atoms with Crippen LogP contribution in [0.2, 0.25) is 0 Å². The Bertz CT molecular complexity index is 261. The minimum Gasteiger partial charge on any atom is -0.340 e. The van der Waals surface area contributed by atoms with E-state index in [0.717, 1.165) is 26.2 Å². The van der Waals surface area contributed by atoms with E-state index in [1.54, 1.807) is 0 Å². The Morgan fingerprint density at radius 2 is 1.73 bits per heavy atom. The van der Waals surface area contributed by atoms with Crippen LogP contribution in [-0.2, 0) is 4.79 Å². The number of nitriles is 1. The van der Waals surface area contributed by atoms with Gasteiger partial charge >= 0.3 is 0 Å². The maximum atomic E-state index is 11.7. The molecular weight excluding hydrogens is 190 g/mol. The van der Waals surface area contributed by atoms with Crippen molar-refractivity contribution in [2.24, 2.45) is 5.92 Å². The lowest BCUT2D eigenvalue weighted by Crippen LogP contribution is -2.51. The summed E-state index contributed by atoms with van der Waals surface area (Å²) in [7, 11) is 0. The number of amides is 1. The highest BCUT2D eigenvalue weighted by Crippen LogP contribution is 2.09. The first kappa shape index (κ1) is 12.0. The lowest BCUT2D eigenvalue weighted by molar-refractivity contribution is -0.136. The summed E-state index contributed by atoms with van der Waals surface area (Å²) in [6, 6.07) is 2.18. The van der Waals surface area contributed by atoms with Crippen LogP contribution >= 0.6 is 0 Å². The molecule has 0 unspecified atom stereocenters. The van der Waals surface area contributed by atoms with Crippen LogP contribution in [0.3, 0.4) is 0 Å². The zero-order valence-corrected chi connectivity index (χ0v) is 9.73. The third kappa shape index (κ3) is 2.93. The van der Waals surface area contributed by atoms with Gasteiger partial charge in [-0.05, 0) is 6.92 Å². The van der Waals surface area contributed by atoms with Crippen molar-refractivity contribution >= 4 is 5.91 Å². The highest BCUT2D eigenvalue weighted by atomic mass is 16.2.